The third-order valence-corrected chi connectivity index (χ3v) is 10.1. The average Bonchev–Trinajstić information content (AvgIpc) is 2.60. The van der Waals surface area contributed by atoms with Crippen molar-refractivity contribution >= 4 is 20.3 Å². The predicted octanol–water partition coefficient (Wildman–Crippen LogP) is 4.72. The summed E-state index contributed by atoms with van der Waals surface area (Å²) >= 11 is 0. The number of hydrogen-bond acceptors (Lipinski definition) is 5. The molecule has 6 heteroatoms. The summed E-state index contributed by atoms with van der Waals surface area (Å²) in [5.74, 6) is -1.91. The van der Waals surface area contributed by atoms with Gasteiger partial charge in [-0.2, -0.15) is 0 Å². The van der Waals surface area contributed by atoms with E-state index in [9.17, 15) is 9.59 Å². The highest BCUT2D eigenvalue weighted by molar-refractivity contribution is 6.74. The first-order valence-corrected chi connectivity index (χ1v) is 12.7. The number of allylic oxidation sites excluding steroid dienone is 1. The number of carbonyl (C=O) groups is 2. The van der Waals surface area contributed by atoms with Crippen molar-refractivity contribution in [1.82, 2.24) is 0 Å². The van der Waals surface area contributed by atoms with Gasteiger partial charge < -0.3 is 13.9 Å². The standard InChI is InChI=1S/C22H32O5Si/c1-8-25-21(24)19-13-17(16-11-9-15(2)10-12-16)18(20(23)27-19)14-26-28(6,7)22(3,4)5/h9-13,17-18H,8,14H2,1-7H3/t17-,18+/m1/s1. The van der Waals surface area contributed by atoms with Crippen molar-refractivity contribution in [2.75, 3.05) is 13.2 Å². The second kappa shape index (κ2) is 8.62. The predicted molar refractivity (Wildman–Crippen MR) is 111 cm³/mol. The van der Waals surface area contributed by atoms with E-state index in [-0.39, 0.29) is 29.9 Å². The Kier molecular flexibility index (Phi) is 6.88. The third-order valence-electron chi connectivity index (χ3n) is 5.65. The second-order valence-electron chi connectivity index (χ2n) is 8.79. The summed E-state index contributed by atoms with van der Waals surface area (Å²) in [5.41, 5.74) is 2.08. The minimum atomic E-state index is -2.03. The zero-order chi connectivity index (χ0) is 21.1. The fourth-order valence-corrected chi connectivity index (χ4v) is 3.79. The van der Waals surface area contributed by atoms with Gasteiger partial charge in [-0.05, 0) is 43.6 Å². The molecule has 0 N–H and O–H groups in total. The molecular formula is C22H32O5Si. The van der Waals surface area contributed by atoms with Crippen LogP contribution in [0.2, 0.25) is 18.1 Å². The van der Waals surface area contributed by atoms with Crippen LogP contribution >= 0.6 is 0 Å². The van der Waals surface area contributed by atoms with Crippen LogP contribution in [0.3, 0.4) is 0 Å². The molecule has 0 amide bonds. The highest BCUT2D eigenvalue weighted by Gasteiger charge is 2.42. The summed E-state index contributed by atoms with van der Waals surface area (Å²) in [4.78, 5) is 24.9. The van der Waals surface area contributed by atoms with Crippen molar-refractivity contribution in [3.05, 3.63) is 47.2 Å². The molecule has 154 valence electrons. The van der Waals surface area contributed by atoms with E-state index >= 15 is 0 Å². The van der Waals surface area contributed by atoms with Gasteiger partial charge >= 0.3 is 11.9 Å². The second-order valence-corrected chi connectivity index (χ2v) is 13.6. The van der Waals surface area contributed by atoms with Crippen molar-refractivity contribution in [2.45, 2.75) is 58.7 Å². The summed E-state index contributed by atoms with van der Waals surface area (Å²) < 4.78 is 16.7. The van der Waals surface area contributed by atoms with Crippen LogP contribution in [-0.2, 0) is 23.5 Å². The Balaban J connectivity index is 2.35. The van der Waals surface area contributed by atoms with Gasteiger partial charge in [0, 0.05) is 12.5 Å². The van der Waals surface area contributed by atoms with E-state index in [0.717, 1.165) is 11.1 Å². The number of ether oxygens (including phenoxy) is 2. The summed E-state index contributed by atoms with van der Waals surface area (Å²) in [5, 5.41) is 0.0386. The van der Waals surface area contributed by atoms with Gasteiger partial charge in [-0.1, -0.05) is 50.6 Å². The minimum absolute atomic E-state index is 0.0386. The molecule has 2 rings (SSSR count). The van der Waals surface area contributed by atoms with Crippen LogP contribution in [0.15, 0.2) is 36.1 Å². The Morgan fingerprint density at radius 3 is 2.32 bits per heavy atom. The van der Waals surface area contributed by atoms with Gasteiger partial charge in [-0.15, -0.1) is 0 Å². The molecule has 0 unspecified atom stereocenters. The molecule has 1 aromatic rings. The molecule has 5 nitrogen and oxygen atoms in total. The topological polar surface area (TPSA) is 61.8 Å². The molecule has 0 fully saturated rings. The Morgan fingerprint density at radius 2 is 1.79 bits per heavy atom. The lowest BCUT2D eigenvalue weighted by molar-refractivity contribution is -0.156. The Morgan fingerprint density at radius 1 is 1.18 bits per heavy atom. The summed E-state index contributed by atoms with van der Waals surface area (Å²) in [6.45, 7) is 15.0. The van der Waals surface area contributed by atoms with Gasteiger partial charge in [-0.3, -0.25) is 4.79 Å². The molecule has 0 spiro atoms. The van der Waals surface area contributed by atoms with Gasteiger partial charge in [0.15, 0.2) is 8.32 Å². The van der Waals surface area contributed by atoms with Crippen molar-refractivity contribution in [1.29, 1.82) is 0 Å². The normalized spacial score (nSPS) is 20.4. The minimum Gasteiger partial charge on any atom is -0.460 e. The quantitative estimate of drug-likeness (QED) is 0.507. The molecule has 2 atom stereocenters. The van der Waals surface area contributed by atoms with Crippen molar-refractivity contribution in [3.63, 3.8) is 0 Å². The van der Waals surface area contributed by atoms with Crippen LogP contribution in [0.5, 0.6) is 0 Å². The van der Waals surface area contributed by atoms with Crippen LogP contribution in [-0.4, -0.2) is 33.5 Å². The van der Waals surface area contributed by atoms with Crippen molar-refractivity contribution in [3.8, 4) is 0 Å². The lowest BCUT2D eigenvalue weighted by atomic mass is 9.84. The number of cyclic esters (lactones) is 1. The number of rotatable bonds is 6. The first kappa shape index (κ1) is 22.4. The molecule has 0 bridgehead atoms. The van der Waals surface area contributed by atoms with E-state index in [0.29, 0.717) is 0 Å². The van der Waals surface area contributed by atoms with E-state index in [1.165, 1.54) is 0 Å². The monoisotopic (exact) mass is 404 g/mol. The molecule has 1 heterocycles. The lowest BCUT2D eigenvalue weighted by Gasteiger charge is -2.38. The third kappa shape index (κ3) is 5.11. The van der Waals surface area contributed by atoms with E-state index in [1.807, 2.05) is 31.2 Å². The summed E-state index contributed by atoms with van der Waals surface area (Å²) in [6, 6.07) is 7.96. The highest BCUT2D eigenvalue weighted by atomic mass is 28.4. The number of carbonyl (C=O) groups excluding carboxylic acids is 2. The Labute approximate surface area is 169 Å². The van der Waals surface area contributed by atoms with Crippen LogP contribution in [0.25, 0.3) is 0 Å². The number of hydrogen-bond donors (Lipinski definition) is 0. The van der Waals surface area contributed by atoms with Crippen molar-refractivity contribution < 1.29 is 23.5 Å². The first-order chi connectivity index (χ1) is 13.0. The highest BCUT2D eigenvalue weighted by Crippen LogP contribution is 2.39. The van der Waals surface area contributed by atoms with Gasteiger partial charge in [0.2, 0.25) is 5.76 Å². The molecular weight excluding hydrogens is 372 g/mol. The van der Waals surface area contributed by atoms with Gasteiger partial charge in [0.25, 0.3) is 0 Å². The molecule has 0 aromatic heterocycles. The van der Waals surface area contributed by atoms with Crippen LogP contribution < -0.4 is 0 Å². The van der Waals surface area contributed by atoms with Gasteiger partial charge in [-0.25, -0.2) is 4.79 Å². The molecule has 0 saturated heterocycles. The maximum atomic E-state index is 12.8. The fraction of sp³-hybridized carbons (Fsp3) is 0.545. The molecule has 0 radical (unpaired) electrons. The molecule has 0 saturated carbocycles. The van der Waals surface area contributed by atoms with E-state index < -0.39 is 26.2 Å². The van der Waals surface area contributed by atoms with E-state index in [2.05, 4.69) is 33.9 Å². The Bertz CT molecular complexity index is 743. The summed E-state index contributed by atoms with van der Waals surface area (Å²) in [6.07, 6.45) is 1.70. The van der Waals surface area contributed by atoms with Crippen LogP contribution in [0.1, 0.15) is 44.7 Å². The van der Waals surface area contributed by atoms with Gasteiger partial charge in [0.1, 0.15) is 0 Å². The van der Waals surface area contributed by atoms with Crippen LogP contribution in [0, 0.1) is 12.8 Å². The zero-order valence-electron chi connectivity index (χ0n) is 18.0. The van der Waals surface area contributed by atoms with Crippen LogP contribution in [0.4, 0.5) is 0 Å². The zero-order valence-corrected chi connectivity index (χ0v) is 19.0. The molecule has 1 aliphatic rings. The molecule has 28 heavy (non-hydrogen) atoms. The number of esters is 2. The first-order valence-electron chi connectivity index (χ1n) is 9.77. The maximum absolute atomic E-state index is 12.8. The smallest absolute Gasteiger partial charge is 0.374 e. The Hall–Kier alpha value is -1.92. The number of aryl methyl sites for hydroxylation is 1. The largest absolute Gasteiger partial charge is 0.460 e. The van der Waals surface area contributed by atoms with E-state index in [1.54, 1.807) is 13.0 Å². The summed E-state index contributed by atoms with van der Waals surface area (Å²) in [7, 11) is -2.03. The molecule has 1 aromatic carbocycles. The van der Waals surface area contributed by atoms with Gasteiger partial charge in [0.05, 0.1) is 12.5 Å². The van der Waals surface area contributed by atoms with Crippen molar-refractivity contribution in [2.24, 2.45) is 5.92 Å². The fourth-order valence-electron chi connectivity index (χ4n) is 2.76. The average molecular weight is 405 g/mol. The maximum Gasteiger partial charge on any atom is 0.374 e. The lowest BCUT2D eigenvalue weighted by Crippen LogP contribution is -2.44. The molecule has 0 aliphatic carbocycles. The number of benzene rings is 1. The molecule has 1 aliphatic heterocycles. The van der Waals surface area contributed by atoms with E-state index in [4.69, 9.17) is 13.9 Å². The SMILES string of the molecule is CCOC(=O)C1=C[C@H](c2ccc(C)cc2)[C@H](CO[Si](C)(C)C(C)(C)C)C(=O)O1.